The normalized spacial score (nSPS) is 13.7. The molecular weight excluding hydrogens is 312 g/mol. The molecule has 0 aromatic heterocycles. The fourth-order valence-electron chi connectivity index (χ4n) is 2.73. The molecule has 0 atom stereocenters. The highest BCUT2D eigenvalue weighted by Crippen LogP contribution is 2.30. The second kappa shape index (κ2) is 6.12. The first-order chi connectivity index (χ1) is 11.0. The molecule has 23 heavy (non-hydrogen) atoms. The number of sulfonamides is 1. The van der Waals surface area contributed by atoms with Gasteiger partial charge in [0.1, 0.15) is 5.75 Å². The Balaban J connectivity index is 1.81. The predicted molar refractivity (Wildman–Crippen MR) is 91.8 cm³/mol. The number of hydrogen-bond acceptors (Lipinski definition) is 4. The number of benzene rings is 2. The van der Waals surface area contributed by atoms with Crippen molar-refractivity contribution in [2.75, 3.05) is 29.8 Å². The fraction of sp³-hybridized carbons (Fsp3) is 0.294. The highest BCUT2D eigenvalue weighted by Gasteiger charge is 2.18. The lowest BCUT2D eigenvalue weighted by molar-refractivity contribution is 0.340. The number of nitrogens with zero attached hydrogens (tertiary/aromatic N) is 1. The fourth-order valence-corrected chi connectivity index (χ4v) is 3.78. The summed E-state index contributed by atoms with van der Waals surface area (Å²) in [4.78, 5) is 2.39. The molecule has 0 aliphatic carbocycles. The molecule has 0 spiro atoms. The van der Waals surface area contributed by atoms with Crippen molar-refractivity contribution in [1.29, 1.82) is 0 Å². The van der Waals surface area contributed by atoms with Crippen LogP contribution in [0, 0.1) is 0 Å². The quantitative estimate of drug-likeness (QED) is 0.915. The molecular formula is C17H20N2O3S. The Hall–Kier alpha value is -2.21. The molecule has 0 amide bonds. The van der Waals surface area contributed by atoms with E-state index in [9.17, 15) is 8.42 Å². The van der Waals surface area contributed by atoms with Crippen LogP contribution >= 0.6 is 0 Å². The molecule has 122 valence electrons. The van der Waals surface area contributed by atoms with E-state index in [4.69, 9.17) is 4.74 Å². The lowest BCUT2D eigenvalue weighted by Gasteiger charge is -2.13. The maximum Gasteiger partial charge on any atom is 0.261 e. The van der Waals surface area contributed by atoms with Gasteiger partial charge in [0.05, 0.1) is 11.5 Å². The standard InChI is InChI=1S/C17H20N2O3S/c1-3-22-15-5-7-16(8-6-15)23(20,21)18-14-4-9-17-13(12-14)10-11-19(17)2/h4-9,12,18H,3,10-11H2,1-2H3. The number of nitrogens with one attached hydrogen (secondary N) is 1. The van der Waals surface area contributed by atoms with Gasteiger partial charge in [0.25, 0.3) is 10.0 Å². The third kappa shape index (κ3) is 3.27. The summed E-state index contributed by atoms with van der Waals surface area (Å²) < 4.78 is 32.9. The highest BCUT2D eigenvalue weighted by molar-refractivity contribution is 7.92. The van der Waals surface area contributed by atoms with E-state index in [1.54, 1.807) is 30.3 Å². The van der Waals surface area contributed by atoms with Crippen molar-refractivity contribution >= 4 is 21.4 Å². The summed E-state index contributed by atoms with van der Waals surface area (Å²) in [5, 5.41) is 0. The van der Waals surface area contributed by atoms with Gasteiger partial charge in [-0.15, -0.1) is 0 Å². The Morgan fingerprint density at radius 1 is 1.17 bits per heavy atom. The second-order valence-electron chi connectivity index (χ2n) is 5.52. The third-order valence-corrected chi connectivity index (χ3v) is 5.30. The van der Waals surface area contributed by atoms with Crippen LogP contribution in [0.3, 0.4) is 0 Å². The van der Waals surface area contributed by atoms with E-state index in [2.05, 4.69) is 9.62 Å². The van der Waals surface area contributed by atoms with Crippen LogP contribution in [0.5, 0.6) is 5.75 Å². The summed E-state index contributed by atoms with van der Waals surface area (Å²) in [7, 11) is -1.56. The molecule has 2 aromatic rings. The van der Waals surface area contributed by atoms with E-state index in [1.807, 2.05) is 26.1 Å². The molecule has 6 heteroatoms. The summed E-state index contributed by atoms with van der Waals surface area (Å²) in [5.41, 5.74) is 2.92. The summed E-state index contributed by atoms with van der Waals surface area (Å²) in [6.45, 7) is 3.40. The Morgan fingerprint density at radius 2 is 1.91 bits per heavy atom. The molecule has 0 saturated heterocycles. The maximum absolute atomic E-state index is 12.5. The molecule has 0 radical (unpaired) electrons. The van der Waals surface area contributed by atoms with E-state index in [0.717, 1.165) is 18.7 Å². The first-order valence-electron chi connectivity index (χ1n) is 7.59. The average molecular weight is 332 g/mol. The van der Waals surface area contributed by atoms with E-state index < -0.39 is 10.0 Å². The largest absolute Gasteiger partial charge is 0.494 e. The first kappa shape index (κ1) is 15.7. The molecule has 1 aliphatic rings. The Morgan fingerprint density at radius 3 is 2.61 bits per heavy atom. The van der Waals surface area contributed by atoms with E-state index in [1.165, 1.54) is 5.56 Å². The zero-order valence-electron chi connectivity index (χ0n) is 13.2. The summed E-state index contributed by atoms with van der Waals surface area (Å²) in [5.74, 6) is 0.659. The molecule has 0 unspecified atom stereocenters. The van der Waals surface area contributed by atoms with Crippen molar-refractivity contribution < 1.29 is 13.2 Å². The summed E-state index contributed by atoms with van der Waals surface area (Å²) in [6, 6.07) is 12.1. The molecule has 0 fully saturated rings. The minimum atomic E-state index is -3.60. The zero-order valence-corrected chi connectivity index (χ0v) is 14.1. The van der Waals surface area contributed by atoms with E-state index >= 15 is 0 Å². The zero-order chi connectivity index (χ0) is 16.4. The van der Waals surface area contributed by atoms with Gasteiger partial charge in [-0.3, -0.25) is 4.72 Å². The maximum atomic E-state index is 12.5. The van der Waals surface area contributed by atoms with Crippen LogP contribution in [-0.4, -0.2) is 28.6 Å². The second-order valence-corrected chi connectivity index (χ2v) is 7.21. The van der Waals surface area contributed by atoms with Crippen LogP contribution in [0.4, 0.5) is 11.4 Å². The Labute approximate surface area is 136 Å². The molecule has 1 N–H and O–H groups in total. The van der Waals surface area contributed by atoms with Crippen molar-refractivity contribution in [1.82, 2.24) is 0 Å². The minimum Gasteiger partial charge on any atom is -0.494 e. The number of rotatable bonds is 5. The van der Waals surface area contributed by atoms with Gasteiger partial charge >= 0.3 is 0 Å². The van der Waals surface area contributed by atoms with Crippen LogP contribution in [0.15, 0.2) is 47.4 Å². The average Bonchev–Trinajstić information content (AvgIpc) is 2.89. The first-order valence-corrected chi connectivity index (χ1v) is 9.07. The van der Waals surface area contributed by atoms with E-state index in [0.29, 0.717) is 18.0 Å². The summed E-state index contributed by atoms with van der Waals surface area (Å²) >= 11 is 0. The monoisotopic (exact) mass is 332 g/mol. The summed E-state index contributed by atoms with van der Waals surface area (Å²) in [6.07, 6.45) is 0.935. The molecule has 5 nitrogen and oxygen atoms in total. The molecule has 0 bridgehead atoms. The topological polar surface area (TPSA) is 58.6 Å². The highest BCUT2D eigenvalue weighted by atomic mass is 32.2. The van der Waals surface area contributed by atoms with Crippen LogP contribution in [0.1, 0.15) is 12.5 Å². The van der Waals surface area contributed by atoms with Crippen LogP contribution in [-0.2, 0) is 16.4 Å². The van der Waals surface area contributed by atoms with Gasteiger partial charge in [0.15, 0.2) is 0 Å². The molecule has 1 aliphatic heterocycles. The predicted octanol–water partition coefficient (Wildman–Crippen LogP) is 2.88. The lowest BCUT2D eigenvalue weighted by Crippen LogP contribution is -2.13. The van der Waals surface area contributed by atoms with Gasteiger partial charge in [-0.05, 0) is 61.4 Å². The van der Waals surface area contributed by atoms with Gasteiger partial charge in [-0.25, -0.2) is 8.42 Å². The van der Waals surface area contributed by atoms with Gasteiger partial charge in [0, 0.05) is 25.0 Å². The van der Waals surface area contributed by atoms with Crippen LogP contribution in [0.2, 0.25) is 0 Å². The smallest absolute Gasteiger partial charge is 0.261 e. The van der Waals surface area contributed by atoms with Gasteiger partial charge in [-0.1, -0.05) is 0 Å². The number of ether oxygens (including phenoxy) is 1. The van der Waals surface area contributed by atoms with Crippen molar-refractivity contribution in [3.8, 4) is 5.75 Å². The lowest BCUT2D eigenvalue weighted by atomic mass is 10.1. The SMILES string of the molecule is CCOc1ccc(S(=O)(=O)Nc2ccc3c(c2)CCN3C)cc1. The number of likely N-dealkylation sites (N-methyl/N-ethyl adjacent to an activating group) is 1. The third-order valence-electron chi connectivity index (χ3n) is 3.90. The van der Waals surface area contributed by atoms with Gasteiger partial charge in [-0.2, -0.15) is 0 Å². The molecule has 3 rings (SSSR count). The van der Waals surface area contributed by atoms with Crippen molar-refractivity contribution in [3.63, 3.8) is 0 Å². The van der Waals surface area contributed by atoms with Gasteiger partial charge in [0.2, 0.25) is 0 Å². The Bertz CT molecular complexity index is 801. The minimum absolute atomic E-state index is 0.221. The van der Waals surface area contributed by atoms with Crippen LogP contribution < -0.4 is 14.4 Å². The Kier molecular flexibility index (Phi) is 4.17. The van der Waals surface area contributed by atoms with Crippen LogP contribution in [0.25, 0.3) is 0 Å². The molecule has 0 saturated carbocycles. The van der Waals surface area contributed by atoms with Crippen molar-refractivity contribution in [2.24, 2.45) is 0 Å². The van der Waals surface area contributed by atoms with Crippen molar-refractivity contribution in [2.45, 2.75) is 18.2 Å². The molecule has 1 heterocycles. The number of hydrogen-bond donors (Lipinski definition) is 1. The molecule has 2 aromatic carbocycles. The van der Waals surface area contributed by atoms with Crippen molar-refractivity contribution in [3.05, 3.63) is 48.0 Å². The number of fused-ring (bicyclic) bond motifs is 1. The van der Waals surface area contributed by atoms with Gasteiger partial charge < -0.3 is 9.64 Å². The van der Waals surface area contributed by atoms with E-state index in [-0.39, 0.29) is 4.90 Å². The number of anilines is 2.